The van der Waals surface area contributed by atoms with E-state index in [1.807, 2.05) is 19.1 Å². The van der Waals surface area contributed by atoms with E-state index in [0.717, 1.165) is 25.1 Å². The number of hydrogen-bond donors (Lipinski definition) is 1. The molecular formula is C20H27N3O2. The number of likely N-dealkylation sites (tertiary alicyclic amines) is 1. The zero-order valence-electron chi connectivity index (χ0n) is 14.9. The number of para-hydroxylation sites is 1. The van der Waals surface area contributed by atoms with Crippen molar-refractivity contribution in [1.82, 2.24) is 10.2 Å². The van der Waals surface area contributed by atoms with Crippen molar-refractivity contribution >= 4 is 17.5 Å². The summed E-state index contributed by atoms with van der Waals surface area (Å²) >= 11 is 0. The van der Waals surface area contributed by atoms with Gasteiger partial charge in [0.2, 0.25) is 11.8 Å². The Hall–Kier alpha value is -2.30. The molecule has 0 spiro atoms. The first-order valence-electron chi connectivity index (χ1n) is 9.17. The van der Waals surface area contributed by atoms with Crippen LogP contribution in [0.1, 0.15) is 38.2 Å². The van der Waals surface area contributed by atoms with Crippen molar-refractivity contribution < 1.29 is 9.59 Å². The van der Waals surface area contributed by atoms with Crippen LogP contribution >= 0.6 is 0 Å². The summed E-state index contributed by atoms with van der Waals surface area (Å²) in [4.78, 5) is 28.8. The summed E-state index contributed by atoms with van der Waals surface area (Å²) in [7, 11) is 0. The fourth-order valence-electron chi connectivity index (χ4n) is 3.95. The molecule has 134 valence electrons. The Balaban J connectivity index is 1.66. The van der Waals surface area contributed by atoms with Crippen LogP contribution in [0, 0.1) is 0 Å². The standard InChI is InChI=1S/C20H27N3O2/c1-3-19(24)23-15(2)10-11-18(23)20(25)21-14-16-8-4-5-9-17(16)22-12-6-7-13-22/h3-5,8-9,15,18H,1,6-7,10-14H2,2H3,(H,21,25)/t15-,18-/m0/s1. The van der Waals surface area contributed by atoms with Crippen molar-refractivity contribution in [2.75, 3.05) is 18.0 Å². The number of carbonyl (C=O) groups is 2. The molecule has 2 aliphatic heterocycles. The zero-order chi connectivity index (χ0) is 17.8. The molecule has 0 saturated carbocycles. The van der Waals surface area contributed by atoms with Gasteiger partial charge in [-0.1, -0.05) is 24.8 Å². The second-order valence-corrected chi connectivity index (χ2v) is 6.93. The van der Waals surface area contributed by atoms with Crippen molar-refractivity contribution in [2.45, 2.75) is 51.2 Å². The van der Waals surface area contributed by atoms with Crippen molar-refractivity contribution in [3.05, 3.63) is 42.5 Å². The minimum Gasteiger partial charge on any atom is -0.371 e. The van der Waals surface area contributed by atoms with Gasteiger partial charge in [0, 0.05) is 31.4 Å². The van der Waals surface area contributed by atoms with Gasteiger partial charge in [-0.2, -0.15) is 0 Å². The van der Waals surface area contributed by atoms with Crippen LogP contribution in [-0.4, -0.2) is 41.9 Å². The van der Waals surface area contributed by atoms with Crippen LogP contribution in [-0.2, 0) is 16.1 Å². The third-order valence-corrected chi connectivity index (χ3v) is 5.29. The fourth-order valence-corrected chi connectivity index (χ4v) is 3.95. The average molecular weight is 341 g/mol. The molecule has 0 bridgehead atoms. The summed E-state index contributed by atoms with van der Waals surface area (Å²) in [6.07, 6.45) is 5.30. The number of anilines is 1. The van der Waals surface area contributed by atoms with Crippen LogP contribution in [0.3, 0.4) is 0 Å². The van der Waals surface area contributed by atoms with Crippen LogP contribution in [0.4, 0.5) is 5.69 Å². The summed E-state index contributed by atoms with van der Waals surface area (Å²) in [5.74, 6) is -0.238. The van der Waals surface area contributed by atoms with E-state index in [9.17, 15) is 9.59 Å². The van der Waals surface area contributed by atoms with Gasteiger partial charge < -0.3 is 15.1 Å². The Morgan fingerprint density at radius 2 is 1.96 bits per heavy atom. The monoisotopic (exact) mass is 341 g/mol. The molecule has 2 aliphatic rings. The van der Waals surface area contributed by atoms with Gasteiger partial charge in [-0.15, -0.1) is 0 Å². The van der Waals surface area contributed by atoms with E-state index in [0.29, 0.717) is 13.0 Å². The van der Waals surface area contributed by atoms with E-state index in [-0.39, 0.29) is 23.9 Å². The molecule has 5 nitrogen and oxygen atoms in total. The minimum atomic E-state index is -0.389. The number of carbonyl (C=O) groups excluding carboxylic acids is 2. The quantitative estimate of drug-likeness (QED) is 0.837. The second kappa shape index (κ2) is 7.72. The van der Waals surface area contributed by atoms with Crippen LogP contribution in [0.2, 0.25) is 0 Å². The zero-order valence-corrected chi connectivity index (χ0v) is 14.9. The van der Waals surface area contributed by atoms with Crippen molar-refractivity contribution in [3.8, 4) is 0 Å². The van der Waals surface area contributed by atoms with Gasteiger partial charge in [0.25, 0.3) is 0 Å². The van der Waals surface area contributed by atoms with E-state index in [1.165, 1.54) is 24.6 Å². The molecule has 3 rings (SSSR count). The highest BCUT2D eigenvalue weighted by Gasteiger charge is 2.37. The highest BCUT2D eigenvalue weighted by atomic mass is 16.2. The number of benzene rings is 1. The molecule has 25 heavy (non-hydrogen) atoms. The Labute approximate surface area is 149 Å². The van der Waals surface area contributed by atoms with E-state index in [2.05, 4.69) is 28.9 Å². The lowest BCUT2D eigenvalue weighted by Gasteiger charge is -2.27. The Kier molecular flexibility index (Phi) is 5.41. The molecule has 1 N–H and O–H groups in total. The first-order chi connectivity index (χ1) is 12.1. The van der Waals surface area contributed by atoms with Gasteiger partial charge in [0.15, 0.2) is 0 Å². The smallest absolute Gasteiger partial charge is 0.246 e. The molecule has 2 fully saturated rings. The molecule has 0 radical (unpaired) electrons. The SMILES string of the molecule is C=CC(=O)N1[C@@H](C)CC[C@H]1C(=O)NCc1ccccc1N1CCCC1. The van der Waals surface area contributed by atoms with Crippen molar-refractivity contribution in [3.63, 3.8) is 0 Å². The van der Waals surface area contributed by atoms with E-state index in [4.69, 9.17) is 0 Å². The normalized spacial score (nSPS) is 22.9. The number of nitrogens with zero attached hydrogens (tertiary/aromatic N) is 2. The topological polar surface area (TPSA) is 52.7 Å². The summed E-state index contributed by atoms with van der Waals surface area (Å²) in [5.41, 5.74) is 2.34. The Bertz CT molecular complexity index is 652. The molecule has 0 aliphatic carbocycles. The van der Waals surface area contributed by atoms with Crippen LogP contribution in [0.5, 0.6) is 0 Å². The highest BCUT2D eigenvalue weighted by molar-refractivity contribution is 5.93. The molecule has 2 atom stereocenters. The minimum absolute atomic E-state index is 0.0734. The maximum atomic E-state index is 12.7. The Morgan fingerprint density at radius 1 is 1.24 bits per heavy atom. The maximum absolute atomic E-state index is 12.7. The van der Waals surface area contributed by atoms with Crippen LogP contribution < -0.4 is 10.2 Å². The third-order valence-electron chi connectivity index (χ3n) is 5.29. The van der Waals surface area contributed by atoms with E-state index < -0.39 is 0 Å². The number of rotatable bonds is 5. The highest BCUT2D eigenvalue weighted by Crippen LogP contribution is 2.26. The largest absolute Gasteiger partial charge is 0.371 e. The average Bonchev–Trinajstić information content (AvgIpc) is 3.29. The van der Waals surface area contributed by atoms with Crippen molar-refractivity contribution in [2.24, 2.45) is 0 Å². The van der Waals surface area contributed by atoms with Crippen LogP contribution in [0.15, 0.2) is 36.9 Å². The third kappa shape index (κ3) is 3.70. The van der Waals surface area contributed by atoms with Gasteiger partial charge in [0.1, 0.15) is 6.04 Å². The number of amides is 2. The number of nitrogens with one attached hydrogen (secondary N) is 1. The molecule has 0 aromatic heterocycles. The predicted molar refractivity (Wildman–Crippen MR) is 99.3 cm³/mol. The van der Waals surface area contributed by atoms with Crippen molar-refractivity contribution in [1.29, 1.82) is 0 Å². The molecule has 1 aromatic rings. The lowest BCUT2D eigenvalue weighted by molar-refractivity contribution is -0.136. The molecule has 2 saturated heterocycles. The summed E-state index contributed by atoms with van der Waals surface area (Å²) in [5, 5.41) is 3.04. The summed E-state index contributed by atoms with van der Waals surface area (Å²) in [6.45, 7) is 8.18. The summed E-state index contributed by atoms with van der Waals surface area (Å²) < 4.78 is 0. The lowest BCUT2D eigenvalue weighted by atomic mass is 10.1. The molecular weight excluding hydrogens is 314 g/mol. The van der Waals surface area contributed by atoms with Gasteiger partial charge in [-0.3, -0.25) is 9.59 Å². The maximum Gasteiger partial charge on any atom is 0.246 e. The molecule has 0 unspecified atom stereocenters. The van der Waals surface area contributed by atoms with E-state index >= 15 is 0 Å². The predicted octanol–water partition coefficient (Wildman–Crippen LogP) is 2.47. The van der Waals surface area contributed by atoms with Gasteiger partial charge in [-0.05, 0) is 50.3 Å². The first-order valence-corrected chi connectivity index (χ1v) is 9.17. The van der Waals surface area contributed by atoms with Crippen LogP contribution in [0.25, 0.3) is 0 Å². The molecule has 2 amide bonds. The Morgan fingerprint density at radius 3 is 2.68 bits per heavy atom. The second-order valence-electron chi connectivity index (χ2n) is 6.93. The number of hydrogen-bond acceptors (Lipinski definition) is 3. The van der Waals surface area contributed by atoms with E-state index in [1.54, 1.807) is 4.90 Å². The molecule has 1 aromatic carbocycles. The van der Waals surface area contributed by atoms with Gasteiger partial charge in [-0.25, -0.2) is 0 Å². The van der Waals surface area contributed by atoms with Gasteiger partial charge >= 0.3 is 0 Å². The summed E-state index contributed by atoms with van der Waals surface area (Å²) in [6, 6.07) is 7.93. The lowest BCUT2D eigenvalue weighted by Crippen LogP contribution is -2.47. The fraction of sp³-hybridized carbons (Fsp3) is 0.500. The molecule has 5 heteroatoms. The van der Waals surface area contributed by atoms with Gasteiger partial charge in [0.05, 0.1) is 0 Å². The first kappa shape index (κ1) is 17.5. The molecule has 2 heterocycles.